The molecular formula is C21H22N4O3S2. The molecule has 0 saturated carbocycles. The summed E-state index contributed by atoms with van der Waals surface area (Å²) in [6.45, 7) is 4.21. The molecule has 0 bridgehead atoms. The molecule has 0 unspecified atom stereocenters. The second-order valence-electron chi connectivity index (χ2n) is 7.20. The molecule has 1 aliphatic heterocycles. The van der Waals surface area contributed by atoms with Crippen LogP contribution in [0.1, 0.15) is 30.8 Å². The smallest absolute Gasteiger partial charge is 0.263 e. The van der Waals surface area contributed by atoms with Crippen LogP contribution in [0.5, 0.6) is 0 Å². The molecule has 2 aromatic carbocycles. The molecule has 7 nitrogen and oxygen atoms in total. The minimum atomic E-state index is -3.65. The van der Waals surface area contributed by atoms with Gasteiger partial charge in [-0.2, -0.15) is 0 Å². The monoisotopic (exact) mass is 442 g/mol. The van der Waals surface area contributed by atoms with Gasteiger partial charge in [-0.25, -0.2) is 13.4 Å². The van der Waals surface area contributed by atoms with E-state index in [0.29, 0.717) is 12.1 Å². The molecular weight excluding hydrogens is 420 g/mol. The van der Waals surface area contributed by atoms with Gasteiger partial charge in [-0.1, -0.05) is 44.5 Å². The lowest BCUT2D eigenvalue weighted by Crippen LogP contribution is -2.38. The SMILES string of the molecule is CC[C@H](C)[C@H](N=C1NS(=O)(=O)c2ccccc21)C(=O)NCc1nc2ccccc2s1. The summed E-state index contributed by atoms with van der Waals surface area (Å²) < 4.78 is 28.3. The van der Waals surface area contributed by atoms with Crippen molar-refractivity contribution in [1.82, 2.24) is 15.0 Å². The number of carbonyl (C=O) groups excluding carboxylic acids is 1. The number of nitrogens with one attached hydrogen (secondary N) is 2. The minimum absolute atomic E-state index is 0.0647. The fraction of sp³-hybridized carbons (Fsp3) is 0.286. The maximum Gasteiger partial charge on any atom is 0.263 e. The maximum atomic E-state index is 13.0. The summed E-state index contributed by atoms with van der Waals surface area (Å²) in [5.41, 5.74) is 1.40. The summed E-state index contributed by atoms with van der Waals surface area (Å²) in [6, 6.07) is 13.8. The van der Waals surface area contributed by atoms with Crippen LogP contribution in [-0.2, 0) is 21.4 Å². The van der Waals surface area contributed by atoms with E-state index in [9.17, 15) is 13.2 Å². The van der Waals surface area contributed by atoms with E-state index in [2.05, 4.69) is 20.0 Å². The maximum absolute atomic E-state index is 13.0. The number of benzene rings is 2. The van der Waals surface area contributed by atoms with Crippen molar-refractivity contribution in [2.75, 3.05) is 0 Å². The van der Waals surface area contributed by atoms with E-state index < -0.39 is 16.1 Å². The zero-order valence-electron chi connectivity index (χ0n) is 16.6. The number of aliphatic imine (C=N–C) groups is 1. The van der Waals surface area contributed by atoms with Crippen LogP contribution in [0.15, 0.2) is 58.4 Å². The van der Waals surface area contributed by atoms with Gasteiger partial charge in [0, 0.05) is 5.56 Å². The van der Waals surface area contributed by atoms with Crippen LogP contribution < -0.4 is 10.0 Å². The first-order valence-corrected chi connectivity index (χ1v) is 12.0. The molecule has 2 atom stereocenters. The van der Waals surface area contributed by atoms with Gasteiger partial charge in [0.25, 0.3) is 10.0 Å². The average Bonchev–Trinajstić information content (AvgIpc) is 3.28. The van der Waals surface area contributed by atoms with Gasteiger partial charge in [-0.05, 0) is 30.2 Å². The molecule has 2 N–H and O–H groups in total. The molecule has 0 aliphatic carbocycles. The molecule has 4 rings (SSSR count). The fourth-order valence-corrected chi connectivity index (χ4v) is 5.45. The predicted octanol–water partition coefficient (Wildman–Crippen LogP) is 3.07. The van der Waals surface area contributed by atoms with E-state index in [1.54, 1.807) is 18.2 Å². The van der Waals surface area contributed by atoms with Crippen molar-refractivity contribution in [3.8, 4) is 0 Å². The molecule has 3 aromatic rings. The first kappa shape index (κ1) is 20.5. The van der Waals surface area contributed by atoms with Gasteiger partial charge in [0.2, 0.25) is 5.91 Å². The van der Waals surface area contributed by atoms with Gasteiger partial charge in [0.15, 0.2) is 0 Å². The zero-order chi connectivity index (χ0) is 21.3. The van der Waals surface area contributed by atoms with Crippen molar-refractivity contribution in [2.24, 2.45) is 10.9 Å². The molecule has 2 heterocycles. The van der Waals surface area contributed by atoms with Crippen LogP contribution >= 0.6 is 11.3 Å². The topological polar surface area (TPSA) is 101 Å². The van der Waals surface area contributed by atoms with Crippen LogP contribution in [0.25, 0.3) is 10.2 Å². The van der Waals surface area contributed by atoms with Gasteiger partial charge in [-0.15, -0.1) is 11.3 Å². The predicted molar refractivity (Wildman–Crippen MR) is 118 cm³/mol. The van der Waals surface area contributed by atoms with Crippen molar-refractivity contribution in [3.63, 3.8) is 0 Å². The van der Waals surface area contributed by atoms with E-state index in [0.717, 1.165) is 21.6 Å². The Labute approximate surface area is 179 Å². The van der Waals surface area contributed by atoms with Gasteiger partial charge in [0.05, 0.1) is 21.7 Å². The summed E-state index contributed by atoms with van der Waals surface area (Å²) in [6.07, 6.45) is 0.727. The van der Waals surface area contributed by atoms with Crippen LogP contribution in [0.3, 0.4) is 0 Å². The Bertz CT molecular complexity index is 1200. The van der Waals surface area contributed by atoms with E-state index in [1.165, 1.54) is 17.4 Å². The molecule has 0 fully saturated rings. The number of aromatic nitrogens is 1. The van der Waals surface area contributed by atoms with E-state index in [1.807, 2.05) is 38.1 Å². The first-order chi connectivity index (χ1) is 14.4. The van der Waals surface area contributed by atoms with Gasteiger partial charge < -0.3 is 5.32 Å². The number of carbonyl (C=O) groups is 1. The highest BCUT2D eigenvalue weighted by molar-refractivity contribution is 7.90. The number of amidine groups is 1. The van der Waals surface area contributed by atoms with Crippen molar-refractivity contribution in [3.05, 3.63) is 59.1 Å². The highest BCUT2D eigenvalue weighted by Gasteiger charge is 2.33. The van der Waals surface area contributed by atoms with E-state index in [-0.39, 0.29) is 22.6 Å². The number of para-hydroxylation sites is 1. The first-order valence-electron chi connectivity index (χ1n) is 9.71. The molecule has 0 radical (unpaired) electrons. The Morgan fingerprint density at radius 1 is 1.20 bits per heavy atom. The number of hydrogen-bond acceptors (Lipinski definition) is 6. The van der Waals surface area contributed by atoms with Crippen LogP contribution in [0.4, 0.5) is 0 Å². The highest BCUT2D eigenvalue weighted by atomic mass is 32.2. The number of thiazole rings is 1. The lowest BCUT2D eigenvalue weighted by Gasteiger charge is -2.19. The largest absolute Gasteiger partial charge is 0.348 e. The van der Waals surface area contributed by atoms with Gasteiger partial charge in [-0.3, -0.25) is 14.5 Å². The van der Waals surface area contributed by atoms with Gasteiger partial charge in [0.1, 0.15) is 16.9 Å². The van der Waals surface area contributed by atoms with Crippen LogP contribution in [0, 0.1) is 5.92 Å². The van der Waals surface area contributed by atoms with Crippen molar-refractivity contribution in [1.29, 1.82) is 0 Å². The second kappa shape index (κ2) is 8.16. The molecule has 9 heteroatoms. The number of hydrogen-bond donors (Lipinski definition) is 2. The molecule has 0 spiro atoms. The number of nitrogens with zero attached hydrogens (tertiary/aromatic N) is 2. The normalized spacial score (nSPS) is 18.0. The third kappa shape index (κ3) is 3.95. The average molecular weight is 443 g/mol. The summed E-state index contributed by atoms with van der Waals surface area (Å²) in [7, 11) is -3.65. The number of sulfonamides is 1. The Morgan fingerprint density at radius 2 is 1.93 bits per heavy atom. The van der Waals surface area contributed by atoms with Gasteiger partial charge >= 0.3 is 0 Å². The third-order valence-electron chi connectivity index (χ3n) is 5.13. The summed E-state index contributed by atoms with van der Waals surface area (Å²) in [5, 5.41) is 3.73. The molecule has 1 amide bonds. The van der Waals surface area contributed by atoms with Crippen LogP contribution in [-0.4, -0.2) is 31.2 Å². The van der Waals surface area contributed by atoms with E-state index in [4.69, 9.17) is 0 Å². The zero-order valence-corrected chi connectivity index (χ0v) is 18.3. The molecule has 1 aliphatic rings. The quantitative estimate of drug-likeness (QED) is 0.613. The van der Waals surface area contributed by atoms with Crippen LogP contribution in [0.2, 0.25) is 0 Å². The molecule has 30 heavy (non-hydrogen) atoms. The third-order valence-corrected chi connectivity index (χ3v) is 7.57. The molecule has 1 aromatic heterocycles. The standard InChI is InChI=1S/C21H22N4O3S2/c1-3-13(2)19(24-20-14-8-4-7-11-17(14)30(27,28)25-20)21(26)22-12-18-23-15-9-5-6-10-16(15)29-18/h4-11,13,19H,3,12H2,1-2H3,(H,22,26)(H,24,25)/t13-,19-/m0/s1. The lowest BCUT2D eigenvalue weighted by atomic mass is 9.98. The summed E-state index contributed by atoms with van der Waals surface area (Å²) in [5.74, 6) is -0.101. The Balaban J connectivity index is 1.57. The number of rotatable bonds is 6. The number of amides is 1. The summed E-state index contributed by atoms with van der Waals surface area (Å²) in [4.78, 5) is 22.2. The Morgan fingerprint density at radius 3 is 2.70 bits per heavy atom. The fourth-order valence-electron chi connectivity index (χ4n) is 3.30. The highest BCUT2D eigenvalue weighted by Crippen LogP contribution is 2.24. The van der Waals surface area contributed by atoms with Crippen molar-refractivity contribution >= 4 is 43.3 Å². The van der Waals surface area contributed by atoms with Crippen molar-refractivity contribution in [2.45, 2.75) is 37.8 Å². The van der Waals surface area contributed by atoms with E-state index >= 15 is 0 Å². The lowest BCUT2D eigenvalue weighted by molar-refractivity contribution is -0.123. The Kier molecular flexibility index (Phi) is 5.57. The molecule has 156 valence electrons. The minimum Gasteiger partial charge on any atom is -0.348 e. The second-order valence-corrected chi connectivity index (χ2v) is 9.97. The summed E-state index contributed by atoms with van der Waals surface area (Å²) >= 11 is 1.54. The Hall–Kier alpha value is -2.78. The molecule has 0 saturated heterocycles. The number of fused-ring (bicyclic) bond motifs is 2. The van der Waals surface area contributed by atoms with Crippen molar-refractivity contribution < 1.29 is 13.2 Å².